The van der Waals surface area contributed by atoms with E-state index in [0.29, 0.717) is 12.1 Å². The maximum Gasteiger partial charge on any atom is 0.0445 e. The predicted octanol–water partition coefficient (Wildman–Crippen LogP) is 2.17. The summed E-state index contributed by atoms with van der Waals surface area (Å²) >= 11 is 0. The molecular formula is C16H25NO2. The number of hydrogen-bond donors (Lipinski definition) is 2. The first-order valence-corrected chi connectivity index (χ1v) is 7.36. The van der Waals surface area contributed by atoms with Gasteiger partial charge in [0.2, 0.25) is 0 Å². The van der Waals surface area contributed by atoms with Crippen molar-refractivity contribution in [3.05, 3.63) is 35.9 Å². The van der Waals surface area contributed by atoms with Crippen LogP contribution in [0.15, 0.2) is 30.3 Å². The lowest BCUT2D eigenvalue weighted by Crippen LogP contribution is -2.46. The molecule has 2 atom stereocenters. The van der Waals surface area contributed by atoms with Crippen molar-refractivity contribution >= 4 is 0 Å². The molecule has 1 heterocycles. The minimum atomic E-state index is 0.252. The van der Waals surface area contributed by atoms with Gasteiger partial charge in [0, 0.05) is 31.8 Å². The topological polar surface area (TPSA) is 43.7 Å². The van der Waals surface area contributed by atoms with Crippen molar-refractivity contribution in [3.63, 3.8) is 0 Å². The van der Waals surface area contributed by atoms with Gasteiger partial charge in [-0.1, -0.05) is 36.8 Å². The zero-order valence-corrected chi connectivity index (χ0v) is 11.5. The van der Waals surface area contributed by atoms with E-state index in [0.717, 1.165) is 32.2 Å². The van der Waals surface area contributed by atoms with E-state index in [1.54, 1.807) is 0 Å². The molecule has 0 aliphatic carbocycles. The smallest absolute Gasteiger partial charge is 0.0445 e. The molecule has 1 aliphatic heterocycles. The van der Waals surface area contributed by atoms with Crippen LogP contribution >= 0.6 is 0 Å². The quantitative estimate of drug-likeness (QED) is 0.826. The Morgan fingerprint density at radius 2 is 1.53 bits per heavy atom. The third-order valence-corrected chi connectivity index (χ3v) is 4.15. The average molecular weight is 263 g/mol. The molecule has 0 unspecified atom stereocenters. The van der Waals surface area contributed by atoms with Crippen LogP contribution in [0.25, 0.3) is 0 Å². The Hall–Kier alpha value is -0.900. The zero-order valence-electron chi connectivity index (χ0n) is 11.5. The number of aliphatic hydroxyl groups excluding tert-OH is 2. The molecule has 106 valence electrons. The summed E-state index contributed by atoms with van der Waals surface area (Å²) in [5, 5.41) is 18.5. The maximum absolute atomic E-state index is 9.24. The van der Waals surface area contributed by atoms with Crippen LogP contribution in [0, 0.1) is 0 Å². The number of piperidine rings is 1. The average Bonchev–Trinajstić information content (AvgIpc) is 2.44. The highest BCUT2D eigenvalue weighted by Gasteiger charge is 2.29. The van der Waals surface area contributed by atoms with Crippen molar-refractivity contribution in [2.75, 3.05) is 13.2 Å². The fourth-order valence-electron chi connectivity index (χ4n) is 3.19. The van der Waals surface area contributed by atoms with Crippen LogP contribution in [0.5, 0.6) is 0 Å². The Bertz CT molecular complexity index is 337. The van der Waals surface area contributed by atoms with Crippen LogP contribution in [0.3, 0.4) is 0 Å². The van der Waals surface area contributed by atoms with E-state index in [4.69, 9.17) is 0 Å². The summed E-state index contributed by atoms with van der Waals surface area (Å²) in [6.45, 7) is 1.43. The molecule has 0 radical (unpaired) electrons. The molecule has 1 aromatic carbocycles. The SMILES string of the molecule is OCC[C@H]1CCC[C@H](CCO)N1Cc1ccccc1. The van der Waals surface area contributed by atoms with E-state index in [1.807, 2.05) is 6.07 Å². The van der Waals surface area contributed by atoms with E-state index in [-0.39, 0.29) is 13.2 Å². The minimum absolute atomic E-state index is 0.252. The van der Waals surface area contributed by atoms with Gasteiger partial charge in [0.1, 0.15) is 0 Å². The number of rotatable bonds is 6. The van der Waals surface area contributed by atoms with Gasteiger partial charge < -0.3 is 10.2 Å². The molecular weight excluding hydrogens is 238 g/mol. The fourth-order valence-corrected chi connectivity index (χ4v) is 3.19. The first-order valence-electron chi connectivity index (χ1n) is 7.36. The summed E-state index contributed by atoms with van der Waals surface area (Å²) < 4.78 is 0. The van der Waals surface area contributed by atoms with Gasteiger partial charge in [-0.2, -0.15) is 0 Å². The van der Waals surface area contributed by atoms with Gasteiger partial charge in [0.05, 0.1) is 0 Å². The molecule has 1 saturated heterocycles. The third kappa shape index (κ3) is 4.03. The fraction of sp³-hybridized carbons (Fsp3) is 0.625. The normalized spacial score (nSPS) is 24.5. The van der Waals surface area contributed by atoms with Crippen molar-refractivity contribution < 1.29 is 10.2 Å². The van der Waals surface area contributed by atoms with Crippen molar-refractivity contribution in [2.24, 2.45) is 0 Å². The van der Waals surface area contributed by atoms with Crippen LogP contribution in [-0.4, -0.2) is 40.4 Å². The van der Waals surface area contributed by atoms with Gasteiger partial charge in [0.15, 0.2) is 0 Å². The van der Waals surface area contributed by atoms with Crippen molar-refractivity contribution in [2.45, 2.75) is 50.7 Å². The van der Waals surface area contributed by atoms with Gasteiger partial charge in [-0.05, 0) is 31.2 Å². The van der Waals surface area contributed by atoms with Gasteiger partial charge in [-0.25, -0.2) is 0 Å². The van der Waals surface area contributed by atoms with E-state index in [2.05, 4.69) is 29.2 Å². The molecule has 19 heavy (non-hydrogen) atoms. The van der Waals surface area contributed by atoms with Crippen molar-refractivity contribution in [3.8, 4) is 0 Å². The Balaban J connectivity index is 2.08. The van der Waals surface area contributed by atoms with E-state index in [1.165, 1.54) is 12.0 Å². The number of aliphatic hydroxyl groups is 2. The first-order chi connectivity index (χ1) is 9.35. The molecule has 0 amide bonds. The monoisotopic (exact) mass is 263 g/mol. The number of hydrogen-bond acceptors (Lipinski definition) is 3. The van der Waals surface area contributed by atoms with Crippen LogP contribution in [0.2, 0.25) is 0 Å². The highest BCUT2D eigenvalue weighted by atomic mass is 16.3. The largest absolute Gasteiger partial charge is 0.396 e. The minimum Gasteiger partial charge on any atom is -0.396 e. The third-order valence-electron chi connectivity index (χ3n) is 4.15. The Kier molecular flexibility index (Phi) is 5.83. The van der Waals surface area contributed by atoms with Crippen molar-refractivity contribution in [1.82, 2.24) is 4.90 Å². The Morgan fingerprint density at radius 1 is 0.947 bits per heavy atom. The molecule has 0 bridgehead atoms. The van der Waals surface area contributed by atoms with Gasteiger partial charge in [-0.3, -0.25) is 4.90 Å². The molecule has 3 heteroatoms. The van der Waals surface area contributed by atoms with Gasteiger partial charge in [-0.15, -0.1) is 0 Å². The van der Waals surface area contributed by atoms with E-state index in [9.17, 15) is 10.2 Å². The molecule has 0 spiro atoms. The number of nitrogens with zero attached hydrogens (tertiary/aromatic N) is 1. The van der Waals surface area contributed by atoms with Crippen LogP contribution < -0.4 is 0 Å². The lowest BCUT2D eigenvalue weighted by molar-refractivity contribution is 0.0447. The van der Waals surface area contributed by atoms with E-state index >= 15 is 0 Å². The highest BCUT2D eigenvalue weighted by Crippen LogP contribution is 2.28. The standard InChI is InChI=1S/C16H25NO2/c18-11-9-15-7-4-8-16(10-12-19)17(15)13-14-5-2-1-3-6-14/h1-3,5-6,15-16,18-19H,4,7-13H2/t15-,16-/m1/s1. The summed E-state index contributed by atoms with van der Waals surface area (Å²) in [7, 11) is 0. The van der Waals surface area contributed by atoms with E-state index < -0.39 is 0 Å². The van der Waals surface area contributed by atoms with Crippen LogP contribution in [-0.2, 0) is 6.54 Å². The second-order valence-corrected chi connectivity index (χ2v) is 5.42. The predicted molar refractivity (Wildman–Crippen MR) is 76.8 cm³/mol. The summed E-state index contributed by atoms with van der Waals surface area (Å²) in [4.78, 5) is 2.49. The second-order valence-electron chi connectivity index (χ2n) is 5.42. The maximum atomic E-state index is 9.24. The first kappa shape index (κ1) is 14.5. The van der Waals surface area contributed by atoms with Gasteiger partial charge in [0.25, 0.3) is 0 Å². The molecule has 1 aliphatic rings. The molecule has 1 aromatic rings. The number of benzene rings is 1. The Morgan fingerprint density at radius 3 is 2.05 bits per heavy atom. The molecule has 1 fully saturated rings. The lowest BCUT2D eigenvalue weighted by Gasteiger charge is -2.42. The van der Waals surface area contributed by atoms with Crippen LogP contribution in [0.4, 0.5) is 0 Å². The molecule has 2 rings (SSSR count). The second kappa shape index (κ2) is 7.63. The van der Waals surface area contributed by atoms with Crippen molar-refractivity contribution in [1.29, 1.82) is 0 Å². The molecule has 2 N–H and O–H groups in total. The lowest BCUT2D eigenvalue weighted by atomic mass is 9.91. The zero-order chi connectivity index (χ0) is 13.5. The molecule has 0 aromatic heterocycles. The van der Waals surface area contributed by atoms with Crippen LogP contribution in [0.1, 0.15) is 37.7 Å². The number of likely N-dealkylation sites (tertiary alicyclic amines) is 1. The summed E-state index contributed by atoms with van der Waals surface area (Å²) in [6.07, 6.45) is 5.22. The highest BCUT2D eigenvalue weighted by molar-refractivity contribution is 5.15. The summed E-state index contributed by atoms with van der Waals surface area (Å²) in [5.41, 5.74) is 1.32. The summed E-state index contributed by atoms with van der Waals surface area (Å²) in [5.74, 6) is 0. The molecule has 3 nitrogen and oxygen atoms in total. The molecule has 0 saturated carbocycles. The van der Waals surface area contributed by atoms with Gasteiger partial charge >= 0.3 is 0 Å². The Labute approximate surface area is 115 Å². The summed E-state index contributed by atoms with van der Waals surface area (Å²) in [6, 6.07) is 11.4.